The predicted molar refractivity (Wildman–Crippen MR) is 119 cm³/mol. The summed E-state index contributed by atoms with van der Waals surface area (Å²) < 4.78 is 17.3. The maximum absolute atomic E-state index is 12.0. The van der Waals surface area contributed by atoms with Gasteiger partial charge in [-0.05, 0) is 51.3 Å². The summed E-state index contributed by atoms with van der Waals surface area (Å²) in [4.78, 5) is 23.9. The number of carbonyl (C=O) groups excluding carboxylic acids is 2. The van der Waals surface area contributed by atoms with E-state index >= 15 is 0 Å². The van der Waals surface area contributed by atoms with Crippen LogP contribution >= 0.6 is 0 Å². The molecule has 176 valence electrons. The van der Waals surface area contributed by atoms with Crippen LogP contribution in [-0.4, -0.2) is 63.7 Å². The first kappa shape index (κ1) is 26.9. The van der Waals surface area contributed by atoms with Crippen molar-refractivity contribution in [2.45, 2.75) is 52.5 Å². The molecule has 9 nitrogen and oxygen atoms in total. The molecule has 0 radical (unpaired) electrons. The van der Waals surface area contributed by atoms with Crippen molar-refractivity contribution in [2.75, 3.05) is 32.9 Å². The number of benzene rings is 1. The number of amides is 2. The van der Waals surface area contributed by atoms with E-state index in [9.17, 15) is 19.8 Å². The molecular formula is C21H36N2O7Si. The Hall–Kier alpha value is -2.14. The fourth-order valence-corrected chi connectivity index (χ4v) is 5.62. The quantitative estimate of drug-likeness (QED) is 0.170. The zero-order chi connectivity index (χ0) is 23.1. The minimum absolute atomic E-state index is 0.0994. The number of nitrogens with one attached hydrogen (secondary N) is 2. The highest BCUT2D eigenvalue weighted by atomic mass is 28.4. The predicted octanol–water partition coefficient (Wildman–Crippen LogP) is 2.09. The van der Waals surface area contributed by atoms with E-state index in [1.807, 2.05) is 20.8 Å². The third-order valence-corrected chi connectivity index (χ3v) is 7.58. The normalized spacial score (nSPS) is 11.3. The van der Waals surface area contributed by atoms with E-state index in [1.54, 1.807) is 6.07 Å². The van der Waals surface area contributed by atoms with Crippen LogP contribution in [0.3, 0.4) is 0 Å². The first-order valence-electron chi connectivity index (χ1n) is 10.8. The van der Waals surface area contributed by atoms with E-state index in [0.29, 0.717) is 51.8 Å². The number of phenolic OH excluding ortho intramolecular Hbond substituents is 2. The summed E-state index contributed by atoms with van der Waals surface area (Å²) in [6.45, 7) is 8.10. The van der Waals surface area contributed by atoms with Crippen molar-refractivity contribution in [2.24, 2.45) is 0 Å². The molecule has 0 fully saturated rings. The summed E-state index contributed by atoms with van der Waals surface area (Å²) in [5.41, 5.74) is 0.791. The van der Waals surface area contributed by atoms with Crippen molar-refractivity contribution in [1.82, 2.24) is 10.6 Å². The zero-order valence-electron chi connectivity index (χ0n) is 18.7. The van der Waals surface area contributed by atoms with Crippen molar-refractivity contribution in [3.63, 3.8) is 0 Å². The van der Waals surface area contributed by atoms with Crippen LogP contribution in [0.2, 0.25) is 6.04 Å². The van der Waals surface area contributed by atoms with E-state index in [4.69, 9.17) is 13.3 Å². The summed E-state index contributed by atoms with van der Waals surface area (Å²) in [6.07, 6.45) is 1.39. The second-order valence-corrected chi connectivity index (χ2v) is 9.59. The van der Waals surface area contributed by atoms with Gasteiger partial charge in [0.2, 0.25) is 11.8 Å². The van der Waals surface area contributed by atoms with Gasteiger partial charge in [0.1, 0.15) is 0 Å². The fourth-order valence-electron chi connectivity index (χ4n) is 3.01. The molecule has 0 aliphatic rings. The second kappa shape index (κ2) is 14.8. The third kappa shape index (κ3) is 10.6. The van der Waals surface area contributed by atoms with Gasteiger partial charge >= 0.3 is 8.80 Å². The highest BCUT2D eigenvalue weighted by Gasteiger charge is 2.39. The molecular weight excluding hydrogens is 420 g/mol. The smallest absolute Gasteiger partial charge is 0.500 e. The van der Waals surface area contributed by atoms with Gasteiger partial charge in [0.05, 0.1) is 0 Å². The van der Waals surface area contributed by atoms with Crippen molar-refractivity contribution < 1.29 is 33.1 Å². The van der Waals surface area contributed by atoms with Crippen LogP contribution in [0.5, 0.6) is 11.5 Å². The first-order chi connectivity index (χ1) is 14.9. The van der Waals surface area contributed by atoms with Gasteiger partial charge in [0.25, 0.3) is 0 Å². The molecule has 0 atom stereocenters. The Morgan fingerprint density at radius 1 is 0.871 bits per heavy atom. The van der Waals surface area contributed by atoms with Gasteiger partial charge in [-0.15, -0.1) is 0 Å². The third-order valence-electron chi connectivity index (χ3n) is 4.43. The average molecular weight is 457 g/mol. The molecule has 1 aromatic rings. The molecule has 31 heavy (non-hydrogen) atoms. The molecule has 1 rings (SSSR count). The lowest BCUT2D eigenvalue weighted by atomic mass is 10.1. The Morgan fingerprint density at radius 2 is 1.42 bits per heavy atom. The van der Waals surface area contributed by atoms with Gasteiger partial charge in [-0.3, -0.25) is 9.59 Å². The molecule has 0 spiro atoms. The van der Waals surface area contributed by atoms with Crippen molar-refractivity contribution in [3.05, 3.63) is 23.8 Å². The molecule has 4 N–H and O–H groups in total. The molecule has 0 bridgehead atoms. The summed E-state index contributed by atoms with van der Waals surface area (Å²) in [7, 11) is -2.70. The van der Waals surface area contributed by atoms with Crippen LogP contribution in [-0.2, 0) is 29.3 Å². The number of carbonyl (C=O) groups is 2. The van der Waals surface area contributed by atoms with Gasteiger partial charge in [-0.1, -0.05) is 6.07 Å². The highest BCUT2D eigenvalue weighted by molar-refractivity contribution is 6.60. The van der Waals surface area contributed by atoms with E-state index in [0.717, 1.165) is 5.56 Å². The Kier molecular flexibility index (Phi) is 12.8. The Bertz CT molecular complexity index is 671. The largest absolute Gasteiger partial charge is 0.504 e. The Morgan fingerprint density at radius 3 is 1.94 bits per heavy atom. The van der Waals surface area contributed by atoms with Gasteiger partial charge in [-0.2, -0.15) is 0 Å². The minimum Gasteiger partial charge on any atom is -0.504 e. The van der Waals surface area contributed by atoms with Crippen molar-refractivity contribution in [3.8, 4) is 11.5 Å². The van der Waals surface area contributed by atoms with Crippen LogP contribution in [0.15, 0.2) is 18.2 Å². The highest BCUT2D eigenvalue weighted by Crippen LogP contribution is 2.24. The molecule has 2 amide bonds. The number of hydrogen-bond donors (Lipinski definition) is 4. The zero-order valence-corrected chi connectivity index (χ0v) is 19.7. The van der Waals surface area contributed by atoms with Crippen LogP contribution < -0.4 is 10.6 Å². The Balaban J connectivity index is 2.23. The van der Waals surface area contributed by atoms with E-state index < -0.39 is 8.80 Å². The maximum atomic E-state index is 12.0. The lowest BCUT2D eigenvalue weighted by Gasteiger charge is -2.28. The number of rotatable bonds is 16. The average Bonchev–Trinajstić information content (AvgIpc) is 2.73. The van der Waals surface area contributed by atoms with Crippen LogP contribution in [0.1, 0.15) is 45.6 Å². The van der Waals surface area contributed by atoms with Crippen molar-refractivity contribution >= 4 is 20.6 Å². The molecule has 10 heteroatoms. The lowest BCUT2D eigenvalue weighted by Crippen LogP contribution is -2.46. The first-order valence-corrected chi connectivity index (χ1v) is 12.7. The number of hydrogen-bond acceptors (Lipinski definition) is 7. The molecule has 0 aliphatic carbocycles. The fraction of sp³-hybridized carbons (Fsp3) is 0.619. The number of phenols is 2. The van der Waals surface area contributed by atoms with Crippen LogP contribution in [0, 0.1) is 0 Å². The molecule has 0 aromatic heterocycles. The summed E-state index contributed by atoms with van der Waals surface area (Å²) >= 11 is 0. The van der Waals surface area contributed by atoms with Gasteiger partial charge in [0, 0.05) is 51.8 Å². The SMILES string of the molecule is CCO[Si](CCCNC(=O)CCC(=O)NCCc1ccc(O)c(O)c1)(OCC)OCC. The maximum Gasteiger partial charge on any atom is 0.500 e. The van der Waals surface area contributed by atoms with E-state index in [2.05, 4.69) is 10.6 Å². The van der Waals surface area contributed by atoms with Crippen LogP contribution in [0.4, 0.5) is 0 Å². The molecule has 0 aliphatic heterocycles. The molecule has 0 unspecified atom stereocenters. The molecule has 0 heterocycles. The molecule has 0 saturated heterocycles. The van der Waals surface area contributed by atoms with Gasteiger partial charge in [0.15, 0.2) is 11.5 Å². The Labute approximate surface area is 185 Å². The lowest BCUT2D eigenvalue weighted by molar-refractivity contribution is -0.126. The van der Waals surface area contributed by atoms with Crippen molar-refractivity contribution in [1.29, 1.82) is 0 Å². The molecule has 0 saturated carbocycles. The van der Waals surface area contributed by atoms with E-state index in [-0.39, 0.29) is 36.2 Å². The minimum atomic E-state index is -2.70. The van der Waals surface area contributed by atoms with Gasteiger partial charge < -0.3 is 34.1 Å². The monoisotopic (exact) mass is 456 g/mol. The summed E-state index contributed by atoms with van der Waals surface area (Å²) in [5, 5.41) is 24.3. The summed E-state index contributed by atoms with van der Waals surface area (Å²) in [6, 6.07) is 5.15. The topological polar surface area (TPSA) is 126 Å². The number of aromatic hydroxyl groups is 2. The van der Waals surface area contributed by atoms with E-state index in [1.165, 1.54) is 12.1 Å². The standard InChI is InChI=1S/C21H36N2O7Si/c1-4-28-31(29-5-2,30-6-3)15-7-13-22-20(26)10-11-21(27)23-14-12-17-8-9-18(24)19(25)16-17/h8-9,16,24-25H,4-7,10-15H2,1-3H3,(H,22,26)(H,23,27). The summed E-state index contributed by atoms with van der Waals surface area (Å²) in [5.74, 6) is -0.770. The van der Waals surface area contributed by atoms with Gasteiger partial charge in [-0.25, -0.2) is 0 Å². The second-order valence-electron chi connectivity index (χ2n) is 6.86. The molecule has 1 aromatic carbocycles. The van der Waals surface area contributed by atoms with Crippen LogP contribution in [0.25, 0.3) is 0 Å².